The van der Waals surface area contributed by atoms with E-state index in [2.05, 4.69) is 25.8 Å². The lowest BCUT2D eigenvalue weighted by atomic mass is 9.98. The highest BCUT2D eigenvalue weighted by Gasteiger charge is 2.23. The summed E-state index contributed by atoms with van der Waals surface area (Å²) in [6.45, 7) is 2.38. The average Bonchev–Trinajstić information content (AvgIpc) is 3.36. The van der Waals surface area contributed by atoms with Gasteiger partial charge in [-0.05, 0) is 12.5 Å². The highest BCUT2D eigenvalue weighted by atomic mass is 16.3. The Kier molecular flexibility index (Phi) is 4.40. The summed E-state index contributed by atoms with van der Waals surface area (Å²) in [7, 11) is 0. The number of rotatable bonds is 4. The Morgan fingerprint density at radius 2 is 1.73 bits per heavy atom. The molecule has 0 aliphatic carbocycles. The third-order valence-electron chi connectivity index (χ3n) is 4.92. The van der Waals surface area contributed by atoms with Gasteiger partial charge in [-0.3, -0.25) is 10.4 Å². The molecule has 0 unspecified atom stereocenters. The second kappa shape index (κ2) is 7.36. The van der Waals surface area contributed by atoms with Gasteiger partial charge in [-0.2, -0.15) is 5.10 Å². The Bertz CT molecular complexity index is 1340. The fraction of sp³-hybridized carbons (Fsp3) is 0.0870. The summed E-state index contributed by atoms with van der Waals surface area (Å²) in [5.41, 5.74) is 4.17. The molecule has 7 nitrogen and oxygen atoms in total. The molecule has 30 heavy (non-hydrogen) atoms. The number of amides is 2. The summed E-state index contributed by atoms with van der Waals surface area (Å²) >= 11 is 0. The number of hydrogen-bond donors (Lipinski definition) is 3. The zero-order valence-electron chi connectivity index (χ0n) is 16.3. The largest absolute Gasteiger partial charge is 0.437 e. The third kappa shape index (κ3) is 2.97. The molecule has 3 N–H and O–H groups in total. The topological polar surface area (TPSA) is 95.8 Å². The molecule has 148 valence electrons. The SMILES string of the molecule is CCNC(=O)Nc1n[nH]c2c1cnc1oc(-c3ccccc3)c(-c3ccccc3)c12. The monoisotopic (exact) mass is 397 g/mol. The molecule has 0 spiro atoms. The van der Waals surface area contributed by atoms with Gasteiger partial charge in [0, 0.05) is 23.9 Å². The smallest absolute Gasteiger partial charge is 0.320 e. The second-order valence-electron chi connectivity index (χ2n) is 6.82. The van der Waals surface area contributed by atoms with Crippen LogP contribution >= 0.6 is 0 Å². The molecule has 2 aromatic carbocycles. The van der Waals surface area contributed by atoms with E-state index in [-0.39, 0.29) is 6.03 Å². The number of H-pyrrole nitrogens is 1. The average molecular weight is 397 g/mol. The van der Waals surface area contributed by atoms with E-state index in [9.17, 15) is 4.79 Å². The van der Waals surface area contributed by atoms with Crippen LogP contribution in [0, 0.1) is 0 Å². The van der Waals surface area contributed by atoms with Gasteiger partial charge in [-0.15, -0.1) is 0 Å². The fourth-order valence-corrected chi connectivity index (χ4v) is 3.61. The van der Waals surface area contributed by atoms with Crippen LogP contribution in [0.2, 0.25) is 0 Å². The number of pyridine rings is 1. The molecular weight excluding hydrogens is 378 g/mol. The van der Waals surface area contributed by atoms with Gasteiger partial charge in [0.25, 0.3) is 0 Å². The van der Waals surface area contributed by atoms with E-state index in [1.807, 2.05) is 67.6 Å². The molecule has 2 amide bonds. The Morgan fingerprint density at radius 3 is 2.43 bits per heavy atom. The number of anilines is 1. The molecule has 0 saturated heterocycles. The van der Waals surface area contributed by atoms with Gasteiger partial charge in [0.2, 0.25) is 5.71 Å². The lowest BCUT2D eigenvalue weighted by molar-refractivity contribution is 0.252. The lowest BCUT2D eigenvalue weighted by Gasteiger charge is -2.04. The minimum Gasteiger partial charge on any atom is -0.437 e. The lowest BCUT2D eigenvalue weighted by Crippen LogP contribution is -2.28. The van der Waals surface area contributed by atoms with Crippen molar-refractivity contribution >= 4 is 33.9 Å². The number of nitrogens with zero attached hydrogens (tertiary/aromatic N) is 2. The number of carbonyl (C=O) groups excluding carboxylic acids is 1. The summed E-state index contributed by atoms with van der Waals surface area (Å²) in [4.78, 5) is 16.5. The van der Waals surface area contributed by atoms with E-state index in [1.54, 1.807) is 6.20 Å². The minimum atomic E-state index is -0.313. The van der Waals surface area contributed by atoms with Crippen molar-refractivity contribution in [2.45, 2.75) is 6.92 Å². The van der Waals surface area contributed by atoms with Gasteiger partial charge in [-0.25, -0.2) is 9.78 Å². The number of hydrogen-bond acceptors (Lipinski definition) is 4. The predicted molar refractivity (Wildman–Crippen MR) is 117 cm³/mol. The second-order valence-corrected chi connectivity index (χ2v) is 6.82. The van der Waals surface area contributed by atoms with Crippen molar-refractivity contribution in [1.29, 1.82) is 0 Å². The highest BCUT2D eigenvalue weighted by Crippen LogP contribution is 2.43. The summed E-state index contributed by atoms with van der Waals surface area (Å²) in [6, 6.07) is 19.7. The van der Waals surface area contributed by atoms with Crippen molar-refractivity contribution in [1.82, 2.24) is 20.5 Å². The molecule has 5 rings (SSSR count). The minimum absolute atomic E-state index is 0.313. The van der Waals surface area contributed by atoms with Crippen molar-refractivity contribution < 1.29 is 9.21 Å². The molecule has 0 fully saturated rings. The van der Waals surface area contributed by atoms with E-state index in [0.717, 1.165) is 33.4 Å². The molecule has 3 heterocycles. The summed E-state index contributed by atoms with van der Waals surface area (Å²) in [5, 5.41) is 14.4. The molecule has 0 atom stereocenters. The maximum atomic E-state index is 12.0. The molecule has 0 aliphatic heterocycles. The first-order valence-electron chi connectivity index (χ1n) is 9.71. The number of urea groups is 1. The summed E-state index contributed by atoms with van der Waals surface area (Å²) in [5.74, 6) is 1.16. The van der Waals surface area contributed by atoms with Crippen LogP contribution in [0.4, 0.5) is 10.6 Å². The zero-order chi connectivity index (χ0) is 20.5. The van der Waals surface area contributed by atoms with Gasteiger partial charge in [0.05, 0.1) is 16.3 Å². The maximum Gasteiger partial charge on any atom is 0.320 e. The number of furan rings is 1. The molecular formula is C23H19N5O2. The van der Waals surface area contributed by atoms with E-state index in [4.69, 9.17) is 4.42 Å². The number of nitrogens with one attached hydrogen (secondary N) is 3. The van der Waals surface area contributed by atoms with Crippen molar-refractivity contribution in [3.63, 3.8) is 0 Å². The number of carbonyl (C=O) groups is 1. The van der Waals surface area contributed by atoms with E-state index < -0.39 is 0 Å². The van der Waals surface area contributed by atoms with Gasteiger partial charge >= 0.3 is 6.03 Å². The fourth-order valence-electron chi connectivity index (χ4n) is 3.61. The van der Waals surface area contributed by atoms with Crippen LogP contribution in [0.5, 0.6) is 0 Å². The molecule has 0 aliphatic rings. The zero-order valence-corrected chi connectivity index (χ0v) is 16.3. The summed E-state index contributed by atoms with van der Waals surface area (Å²) in [6.07, 6.45) is 1.66. The normalized spacial score (nSPS) is 11.1. The van der Waals surface area contributed by atoms with E-state index >= 15 is 0 Å². The number of benzene rings is 2. The molecule has 3 aromatic heterocycles. The van der Waals surface area contributed by atoms with Crippen LogP contribution in [0.1, 0.15) is 6.92 Å². The number of aromatic nitrogens is 3. The molecule has 0 radical (unpaired) electrons. The first-order valence-corrected chi connectivity index (χ1v) is 9.71. The van der Waals surface area contributed by atoms with Crippen LogP contribution in [-0.4, -0.2) is 27.8 Å². The van der Waals surface area contributed by atoms with Crippen LogP contribution < -0.4 is 10.6 Å². The van der Waals surface area contributed by atoms with Crippen LogP contribution in [0.15, 0.2) is 71.3 Å². The Morgan fingerprint density at radius 1 is 1.03 bits per heavy atom. The van der Waals surface area contributed by atoms with E-state index in [1.165, 1.54) is 0 Å². The molecule has 0 bridgehead atoms. The van der Waals surface area contributed by atoms with Crippen molar-refractivity contribution in [3.8, 4) is 22.5 Å². The predicted octanol–water partition coefficient (Wildman–Crippen LogP) is 5.18. The first-order chi connectivity index (χ1) is 14.8. The molecule has 5 aromatic rings. The van der Waals surface area contributed by atoms with Crippen molar-refractivity contribution in [2.24, 2.45) is 0 Å². The maximum absolute atomic E-state index is 12.0. The van der Waals surface area contributed by atoms with Crippen molar-refractivity contribution in [3.05, 3.63) is 66.9 Å². The highest BCUT2D eigenvalue weighted by molar-refractivity contribution is 6.16. The number of aromatic amines is 1. The van der Waals surface area contributed by atoms with Gasteiger partial charge in [0.1, 0.15) is 5.76 Å². The molecule has 7 heteroatoms. The summed E-state index contributed by atoms with van der Waals surface area (Å²) < 4.78 is 6.22. The Hall–Kier alpha value is -4.13. The van der Waals surface area contributed by atoms with Gasteiger partial charge in [0.15, 0.2) is 5.82 Å². The van der Waals surface area contributed by atoms with Crippen LogP contribution in [0.3, 0.4) is 0 Å². The standard InChI is InChI=1S/C23H19N5O2/c1-2-24-23(29)26-21-16-13-25-22-18(19(16)27-28-21)17(14-9-5-3-6-10-14)20(30-22)15-11-7-4-8-12-15/h3-13H,2H2,1H3,(H3,24,26,27,28,29). The number of fused-ring (bicyclic) bond motifs is 3. The Balaban J connectivity index is 1.78. The Labute approximate surface area is 172 Å². The first kappa shape index (κ1) is 17.9. The van der Waals surface area contributed by atoms with Crippen LogP contribution in [0.25, 0.3) is 44.5 Å². The molecule has 0 saturated carbocycles. The third-order valence-corrected chi connectivity index (χ3v) is 4.92. The van der Waals surface area contributed by atoms with Gasteiger partial charge < -0.3 is 9.73 Å². The quantitative estimate of drug-likeness (QED) is 0.389. The van der Waals surface area contributed by atoms with Crippen LogP contribution in [-0.2, 0) is 0 Å². The van der Waals surface area contributed by atoms with Gasteiger partial charge in [-0.1, -0.05) is 60.7 Å². The van der Waals surface area contributed by atoms with E-state index in [0.29, 0.717) is 23.5 Å². The van der Waals surface area contributed by atoms with Crippen molar-refractivity contribution in [2.75, 3.05) is 11.9 Å².